The molecule has 0 unspecified atom stereocenters. The Morgan fingerprint density at radius 1 is 1.62 bits per heavy atom. The van der Waals surface area contributed by atoms with Crippen LogP contribution in [0.25, 0.3) is 0 Å². The van der Waals surface area contributed by atoms with Crippen LogP contribution in [0.5, 0.6) is 0 Å². The van der Waals surface area contributed by atoms with Crippen LogP contribution in [0.15, 0.2) is 11.6 Å². The number of nitrogens with zero attached hydrogens (tertiary/aromatic N) is 2. The number of aromatic nitrogens is 1. The molecule has 2 nitrogen and oxygen atoms in total. The number of hydrogen-bond donors (Lipinski definition) is 0. The molecule has 1 aromatic heterocycles. The van der Waals surface area contributed by atoms with Crippen LogP contribution in [0.2, 0.25) is 0 Å². The Kier molecular flexibility index (Phi) is 1.87. The number of hydrogen-bond acceptors (Lipinski definition) is 3. The molecule has 70 valence electrons. The van der Waals surface area contributed by atoms with Gasteiger partial charge in [-0.15, -0.1) is 11.3 Å². The van der Waals surface area contributed by atoms with E-state index < -0.39 is 0 Å². The van der Waals surface area contributed by atoms with Crippen LogP contribution in [0, 0.1) is 5.92 Å². The summed E-state index contributed by atoms with van der Waals surface area (Å²) in [6.45, 7) is 2.39. The maximum atomic E-state index is 4.34. The second-order valence-corrected chi connectivity index (χ2v) is 5.08. The van der Waals surface area contributed by atoms with Gasteiger partial charge in [-0.2, -0.15) is 0 Å². The Balaban J connectivity index is 1.66. The van der Waals surface area contributed by atoms with Crippen LogP contribution in [-0.2, 0) is 6.54 Å². The lowest BCUT2D eigenvalue weighted by Crippen LogP contribution is -2.31. The first-order valence-electron chi connectivity index (χ1n) is 5.06. The molecule has 1 aromatic rings. The Labute approximate surface area is 82.6 Å². The summed E-state index contributed by atoms with van der Waals surface area (Å²) in [6.07, 6.45) is 6.23. The quantitative estimate of drug-likeness (QED) is 0.717. The van der Waals surface area contributed by atoms with Crippen LogP contribution < -0.4 is 0 Å². The highest BCUT2D eigenvalue weighted by atomic mass is 32.1. The number of rotatable bonds is 2. The summed E-state index contributed by atoms with van der Waals surface area (Å²) >= 11 is 1.78. The molecule has 0 bridgehead atoms. The van der Waals surface area contributed by atoms with E-state index in [1.807, 2.05) is 6.20 Å². The first-order valence-corrected chi connectivity index (χ1v) is 5.94. The van der Waals surface area contributed by atoms with Crippen LogP contribution in [0.3, 0.4) is 0 Å². The van der Waals surface area contributed by atoms with Crippen molar-refractivity contribution < 1.29 is 0 Å². The highest BCUT2D eigenvalue weighted by molar-refractivity contribution is 7.09. The highest BCUT2D eigenvalue weighted by Gasteiger charge is 2.43. The van der Waals surface area contributed by atoms with Crippen molar-refractivity contribution in [2.75, 3.05) is 6.54 Å². The lowest BCUT2D eigenvalue weighted by atomic mass is 10.1. The fourth-order valence-electron chi connectivity index (χ4n) is 2.41. The summed E-state index contributed by atoms with van der Waals surface area (Å²) in [5.74, 6) is 1.04. The van der Waals surface area contributed by atoms with Crippen LogP contribution in [-0.4, -0.2) is 22.5 Å². The molecule has 2 aliphatic rings. The van der Waals surface area contributed by atoms with Crippen molar-refractivity contribution >= 4 is 11.3 Å². The van der Waals surface area contributed by atoms with E-state index in [0.717, 1.165) is 18.5 Å². The zero-order valence-electron chi connectivity index (χ0n) is 7.65. The Morgan fingerprint density at radius 2 is 2.62 bits per heavy atom. The topological polar surface area (TPSA) is 16.1 Å². The molecule has 0 amide bonds. The van der Waals surface area contributed by atoms with Crippen molar-refractivity contribution in [3.63, 3.8) is 0 Å². The largest absolute Gasteiger partial charge is 0.293 e. The Morgan fingerprint density at radius 3 is 3.46 bits per heavy atom. The predicted octanol–water partition coefficient (Wildman–Crippen LogP) is 2.13. The number of thiazole rings is 1. The molecule has 1 aliphatic heterocycles. The van der Waals surface area contributed by atoms with Crippen molar-refractivity contribution in [1.29, 1.82) is 0 Å². The fraction of sp³-hybridized carbons (Fsp3) is 0.700. The molecule has 3 heteroatoms. The molecule has 0 radical (unpaired) electrons. The molecule has 13 heavy (non-hydrogen) atoms. The van der Waals surface area contributed by atoms with Gasteiger partial charge in [0.25, 0.3) is 0 Å². The Bertz CT molecular complexity index is 283. The molecule has 1 saturated heterocycles. The van der Waals surface area contributed by atoms with E-state index in [1.54, 1.807) is 11.3 Å². The molecule has 0 spiro atoms. The molecule has 0 aromatic carbocycles. The van der Waals surface area contributed by atoms with E-state index in [-0.39, 0.29) is 0 Å². The summed E-state index contributed by atoms with van der Waals surface area (Å²) in [5, 5.41) is 3.36. The van der Waals surface area contributed by atoms with Crippen molar-refractivity contribution in [1.82, 2.24) is 9.88 Å². The van der Waals surface area contributed by atoms with Crippen LogP contribution in [0.4, 0.5) is 0 Å². The molecule has 2 heterocycles. The number of fused-ring (bicyclic) bond motifs is 1. The molecule has 0 N–H and O–H groups in total. The van der Waals surface area contributed by atoms with Crippen molar-refractivity contribution in [2.24, 2.45) is 5.92 Å². The van der Waals surface area contributed by atoms with E-state index in [0.29, 0.717) is 0 Å². The molecule has 1 saturated carbocycles. The summed E-state index contributed by atoms with van der Waals surface area (Å²) in [6, 6.07) is 0.914. The summed E-state index contributed by atoms with van der Waals surface area (Å²) in [7, 11) is 0. The van der Waals surface area contributed by atoms with Crippen molar-refractivity contribution in [3.8, 4) is 0 Å². The molecular formula is C10H14N2S. The molecule has 2 atom stereocenters. The van der Waals surface area contributed by atoms with Gasteiger partial charge in [0, 0.05) is 17.6 Å². The maximum absolute atomic E-state index is 4.34. The third-order valence-electron chi connectivity index (χ3n) is 3.20. The third-order valence-corrected chi connectivity index (χ3v) is 3.96. The van der Waals surface area contributed by atoms with Gasteiger partial charge < -0.3 is 0 Å². The Hall–Kier alpha value is -0.410. The summed E-state index contributed by atoms with van der Waals surface area (Å²) in [5.41, 5.74) is 0. The lowest BCUT2D eigenvalue weighted by molar-refractivity contribution is 0.207. The zero-order valence-corrected chi connectivity index (χ0v) is 8.46. The SMILES string of the molecule is c1csc(CN2CCC[C@@H]3C[C@@H]32)n1. The molecule has 1 aliphatic carbocycles. The highest BCUT2D eigenvalue weighted by Crippen LogP contribution is 2.43. The second-order valence-electron chi connectivity index (χ2n) is 4.10. The summed E-state index contributed by atoms with van der Waals surface area (Å²) in [4.78, 5) is 6.96. The van der Waals surface area contributed by atoms with Crippen LogP contribution in [0.1, 0.15) is 24.3 Å². The van der Waals surface area contributed by atoms with E-state index >= 15 is 0 Å². The van der Waals surface area contributed by atoms with E-state index in [9.17, 15) is 0 Å². The monoisotopic (exact) mass is 194 g/mol. The van der Waals surface area contributed by atoms with Gasteiger partial charge in [-0.05, 0) is 31.7 Å². The molecule has 3 rings (SSSR count). The van der Waals surface area contributed by atoms with Gasteiger partial charge in [0.05, 0.1) is 6.54 Å². The molecule has 2 fully saturated rings. The van der Waals surface area contributed by atoms with E-state index in [2.05, 4.69) is 15.3 Å². The summed E-state index contributed by atoms with van der Waals surface area (Å²) < 4.78 is 0. The minimum atomic E-state index is 0.914. The number of likely N-dealkylation sites (tertiary alicyclic amines) is 1. The van der Waals surface area contributed by atoms with Crippen molar-refractivity contribution in [2.45, 2.75) is 31.8 Å². The standard InChI is InChI=1S/C10H14N2S/c1-2-8-6-9(8)12(4-1)7-10-11-3-5-13-10/h3,5,8-9H,1-2,4,6-7H2/t8-,9+/m1/s1. The van der Waals surface area contributed by atoms with Gasteiger partial charge in [-0.3, -0.25) is 4.90 Å². The van der Waals surface area contributed by atoms with E-state index in [1.165, 1.54) is 30.8 Å². The van der Waals surface area contributed by atoms with E-state index in [4.69, 9.17) is 0 Å². The van der Waals surface area contributed by atoms with Crippen LogP contribution >= 0.6 is 11.3 Å². The zero-order chi connectivity index (χ0) is 8.67. The van der Waals surface area contributed by atoms with Gasteiger partial charge in [0.15, 0.2) is 0 Å². The van der Waals surface area contributed by atoms with Gasteiger partial charge >= 0.3 is 0 Å². The van der Waals surface area contributed by atoms with Gasteiger partial charge in [-0.25, -0.2) is 4.98 Å². The average Bonchev–Trinajstić information content (AvgIpc) is 2.77. The average molecular weight is 194 g/mol. The predicted molar refractivity (Wildman–Crippen MR) is 53.7 cm³/mol. The first kappa shape index (κ1) is 7.94. The third kappa shape index (κ3) is 1.51. The fourth-order valence-corrected chi connectivity index (χ4v) is 3.05. The first-order chi connectivity index (χ1) is 6.43. The maximum Gasteiger partial charge on any atom is 0.107 e. The van der Waals surface area contributed by atoms with Gasteiger partial charge in [0.2, 0.25) is 0 Å². The normalized spacial score (nSPS) is 32.9. The van der Waals surface area contributed by atoms with Crippen molar-refractivity contribution in [3.05, 3.63) is 16.6 Å². The van der Waals surface area contributed by atoms with Gasteiger partial charge in [0.1, 0.15) is 5.01 Å². The number of piperidine rings is 1. The van der Waals surface area contributed by atoms with Gasteiger partial charge in [-0.1, -0.05) is 0 Å². The lowest BCUT2D eigenvalue weighted by Gasteiger charge is -2.25. The second kappa shape index (κ2) is 3.07. The minimum Gasteiger partial charge on any atom is -0.293 e. The molecular weight excluding hydrogens is 180 g/mol. The minimum absolute atomic E-state index is 0.914. The smallest absolute Gasteiger partial charge is 0.107 e.